The van der Waals surface area contributed by atoms with Crippen LogP contribution in [0.2, 0.25) is 0 Å². The third kappa shape index (κ3) is 7.68. The highest BCUT2D eigenvalue weighted by Gasteiger charge is 2.04. The van der Waals surface area contributed by atoms with Crippen molar-refractivity contribution in [2.75, 3.05) is 25.5 Å². The summed E-state index contributed by atoms with van der Waals surface area (Å²) >= 11 is 0. The molecule has 0 aliphatic carbocycles. The molecular weight excluding hydrogens is 445 g/mol. The maximum Gasteiger partial charge on any atom is 0.243 e. The molecule has 26 heavy (non-hydrogen) atoms. The maximum absolute atomic E-state index is 12.0. The summed E-state index contributed by atoms with van der Waals surface area (Å²) < 4.78 is 5.21. The van der Waals surface area contributed by atoms with E-state index in [0.717, 1.165) is 11.3 Å². The van der Waals surface area contributed by atoms with E-state index in [1.165, 1.54) is 0 Å². The first-order chi connectivity index (χ1) is 12.2. The number of guanidine groups is 1. The third-order valence-electron chi connectivity index (χ3n) is 3.26. The number of pyridine rings is 1. The van der Waals surface area contributed by atoms with Crippen LogP contribution in [0, 0.1) is 0 Å². The van der Waals surface area contributed by atoms with Crippen LogP contribution in [0.4, 0.5) is 5.69 Å². The molecule has 1 amide bonds. The number of carbonyl (C=O) groups excluding carboxylic acids is 1. The van der Waals surface area contributed by atoms with E-state index in [1.807, 2.05) is 31.2 Å². The van der Waals surface area contributed by atoms with Gasteiger partial charge in [-0.05, 0) is 36.8 Å². The zero-order valence-corrected chi connectivity index (χ0v) is 17.2. The lowest BCUT2D eigenvalue weighted by atomic mass is 10.2. The molecule has 0 aliphatic heterocycles. The smallest absolute Gasteiger partial charge is 0.243 e. The Morgan fingerprint density at radius 1 is 1.23 bits per heavy atom. The molecule has 0 bridgehead atoms. The van der Waals surface area contributed by atoms with Crippen LogP contribution in [0.3, 0.4) is 0 Å². The summed E-state index contributed by atoms with van der Waals surface area (Å²) in [6, 6.07) is 11.3. The number of amides is 1. The number of methoxy groups -OCH3 is 1. The highest BCUT2D eigenvalue weighted by atomic mass is 127. The van der Waals surface area contributed by atoms with Crippen molar-refractivity contribution in [1.29, 1.82) is 0 Å². The standard InChI is InChI=1S/C18H23N5O2.HI/c1-3-20-18(21-11-14-6-4-8-16(10-14)25-2)22-13-17(24)23-15-7-5-9-19-12-15;/h4-10,12H,3,11,13H2,1-2H3,(H,23,24)(H2,20,21,22);1H. The number of aliphatic imine (C=N–C) groups is 1. The van der Waals surface area contributed by atoms with Crippen molar-refractivity contribution in [2.24, 2.45) is 4.99 Å². The molecule has 8 heteroatoms. The molecule has 2 rings (SSSR count). The van der Waals surface area contributed by atoms with Crippen molar-refractivity contribution in [3.8, 4) is 5.75 Å². The van der Waals surface area contributed by atoms with Crippen molar-refractivity contribution in [1.82, 2.24) is 15.6 Å². The number of hydrogen-bond donors (Lipinski definition) is 3. The Kier molecular flexibility index (Phi) is 10.1. The number of halogens is 1. The van der Waals surface area contributed by atoms with Crippen molar-refractivity contribution in [3.63, 3.8) is 0 Å². The molecule has 0 atom stereocenters. The van der Waals surface area contributed by atoms with Crippen molar-refractivity contribution in [3.05, 3.63) is 54.4 Å². The van der Waals surface area contributed by atoms with Crippen molar-refractivity contribution >= 4 is 41.5 Å². The van der Waals surface area contributed by atoms with Crippen LogP contribution in [0.15, 0.2) is 53.8 Å². The second-order valence-electron chi connectivity index (χ2n) is 5.19. The molecule has 0 fully saturated rings. The molecule has 3 N–H and O–H groups in total. The Labute approximate surface area is 170 Å². The SMILES string of the molecule is CCNC(=NCc1cccc(OC)c1)NCC(=O)Nc1cccnc1.I. The average molecular weight is 469 g/mol. The van der Waals surface area contributed by atoms with Gasteiger partial charge in [0.2, 0.25) is 5.91 Å². The molecule has 1 aromatic heterocycles. The van der Waals surface area contributed by atoms with Gasteiger partial charge in [0, 0.05) is 12.7 Å². The van der Waals surface area contributed by atoms with Crippen LogP contribution >= 0.6 is 24.0 Å². The van der Waals surface area contributed by atoms with Crippen LogP contribution in [0.5, 0.6) is 5.75 Å². The van der Waals surface area contributed by atoms with Gasteiger partial charge in [-0.25, -0.2) is 4.99 Å². The van der Waals surface area contributed by atoms with Gasteiger partial charge in [-0.1, -0.05) is 12.1 Å². The molecule has 1 aromatic carbocycles. The second-order valence-corrected chi connectivity index (χ2v) is 5.19. The van der Waals surface area contributed by atoms with Gasteiger partial charge in [0.1, 0.15) is 5.75 Å². The summed E-state index contributed by atoms with van der Waals surface area (Å²) in [5, 5.41) is 8.90. The number of nitrogens with zero attached hydrogens (tertiary/aromatic N) is 2. The minimum absolute atomic E-state index is 0. The van der Waals surface area contributed by atoms with Crippen LogP contribution in [-0.2, 0) is 11.3 Å². The quantitative estimate of drug-likeness (QED) is 0.330. The second kappa shape index (κ2) is 12.1. The Bertz CT molecular complexity index is 710. The highest BCUT2D eigenvalue weighted by Crippen LogP contribution is 2.13. The van der Waals surface area contributed by atoms with E-state index in [1.54, 1.807) is 31.6 Å². The first kappa shape index (κ1) is 21.7. The molecule has 0 unspecified atom stereocenters. The lowest BCUT2D eigenvalue weighted by Gasteiger charge is -2.11. The molecule has 0 saturated heterocycles. The molecule has 140 valence electrons. The molecule has 7 nitrogen and oxygen atoms in total. The van der Waals surface area contributed by atoms with Gasteiger partial charge in [0.25, 0.3) is 0 Å². The summed E-state index contributed by atoms with van der Waals surface area (Å²) in [5.74, 6) is 1.20. The number of ether oxygens (including phenoxy) is 1. The average Bonchev–Trinajstić information content (AvgIpc) is 2.65. The van der Waals surface area contributed by atoms with E-state index in [-0.39, 0.29) is 36.4 Å². The zero-order valence-electron chi connectivity index (χ0n) is 14.9. The topological polar surface area (TPSA) is 87.6 Å². The van der Waals surface area contributed by atoms with Gasteiger partial charge >= 0.3 is 0 Å². The summed E-state index contributed by atoms with van der Waals surface area (Å²) in [7, 11) is 1.63. The Balaban J connectivity index is 0.00000338. The lowest BCUT2D eigenvalue weighted by molar-refractivity contribution is -0.115. The predicted octanol–water partition coefficient (Wildman–Crippen LogP) is 2.40. The summed E-state index contributed by atoms with van der Waals surface area (Å²) in [4.78, 5) is 20.4. The molecule has 2 aromatic rings. The van der Waals surface area contributed by atoms with Gasteiger partial charge < -0.3 is 20.7 Å². The molecule has 0 saturated carbocycles. The van der Waals surface area contributed by atoms with Crippen molar-refractivity contribution < 1.29 is 9.53 Å². The van der Waals surface area contributed by atoms with Crippen molar-refractivity contribution in [2.45, 2.75) is 13.5 Å². The number of aromatic nitrogens is 1. The van der Waals surface area contributed by atoms with Crippen LogP contribution in [0.1, 0.15) is 12.5 Å². The highest BCUT2D eigenvalue weighted by molar-refractivity contribution is 14.0. The number of nitrogens with one attached hydrogen (secondary N) is 3. The number of benzene rings is 1. The van der Waals surface area contributed by atoms with Gasteiger partial charge in [-0.3, -0.25) is 9.78 Å². The fourth-order valence-electron chi connectivity index (χ4n) is 2.09. The van der Waals surface area contributed by atoms with Crippen LogP contribution < -0.4 is 20.7 Å². The number of hydrogen-bond acceptors (Lipinski definition) is 4. The van der Waals surface area contributed by atoms with E-state index in [4.69, 9.17) is 4.74 Å². The lowest BCUT2D eigenvalue weighted by Crippen LogP contribution is -2.41. The largest absolute Gasteiger partial charge is 0.497 e. The normalized spacial score (nSPS) is 10.5. The number of rotatable bonds is 7. The third-order valence-corrected chi connectivity index (χ3v) is 3.26. The van der Waals surface area contributed by atoms with Gasteiger partial charge in [0.05, 0.1) is 32.1 Å². The van der Waals surface area contributed by atoms with E-state index < -0.39 is 0 Å². The van der Waals surface area contributed by atoms with E-state index in [9.17, 15) is 4.79 Å². The summed E-state index contributed by atoms with van der Waals surface area (Å²) in [6.45, 7) is 3.27. The molecule has 0 aliphatic rings. The van der Waals surface area contributed by atoms with E-state index >= 15 is 0 Å². The molecule has 1 heterocycles. The van der Waals surface area contributed by atoms with E-state index in [2.05, 4.69) is 25.9 Å². The minimum atomic E-state index is -0.167. The Morgan fingerprint density at radius 3 is 2.77 bits per heavy atom. The predicted molar refractivity (Wildman–Crippen MR) is 114 cm³/mol. The zero-order chi connectivity index (χ0) is 17.9. The molecular formula is C18H24IN5O2. The molecule has 0 radical (unpaired) electrons. The monoisotopic (exact) mass is 469 g/mol. The fraction of sp³-hybridized carbons (Fsp3) is 0.278. The summed E-state index contributed by atoms with van der Waals surface area (Å²) in [5.41, 5.74) is 1.68. The van der Waals surface area contributed by atoms with Crippen LogP contribution in [0.25, 0.3) is 0 Å². The Hall–Kier alpha value is -2.36. The number of anilines is 1. The number of carbonyl (C=O) groups is 1. The van der Waals surface area contributed by atoms with E-state index in [0.29, 0.717) is 24.7 Å². The van der Waals surface area contributed by atoms with Crippen LogP contribution in [-0.4, -0.2) is 37.1 Å². The van der Waals surface area contributed by atoms with Gasteiger partial charge in [0.15, 0.2) is 5.96 Å². The van der Waals surface area contributed by atoms with Gasteiger partial charge in [-0.15, -0.1) is 24.0 Å². The minimum Gasteiger partial charge on any atom is -0.497 e. The first-order valence-electron chi connectivity index (χ1n) is 8.06. The first-order valence-corrected chi connectivity index (χ1v) is 8.06. The Morgan fingerprint density at radius 2 is 2.08 bits per heavy atom. The maximum atomic E-state index is 12.0. The molecule has 0 spiro atoms. The summed E-state index contributed by atoms with van der Waals surface area (Å²) in [6.07, 6.45) is 3.25. The van der Waals surface area contributed by atoms with Gasteiger partial charge in [-0.2, -0.15) is 0 Å². The fourth-order valence-corrected chi connectivity index (χ4v) is 2.09.